The van der Waals surface area contributed by atoms with Gasteiger partial charge in [-0.25, -0.2) is 0 Å². The lowest BCUT2D eigenvalue weighted by Crippen LogP contribution is -2.56. The number of piperazine rings is 1. The minimum Gasteiger partial charge on any atom is -0.469 e. The van der Waals surface area contributed by atoms with Crippen molar-refractivity contribution in [2.45, 2.75) is 24.9 Å². The van der Waals surface area contributed by atoms with E-state index in [0.717, 1.165) is 11.1 Å². The van der Waals surface area contributed by atoms with E-state index in [4.69, 9.17) is 4.74 Å². The van der Waals surface area contributed by atoms with Crippen molar-refractivity contribution >= 4 is 17.8 Å². The third-order valence-corrected chi connectivity index (χ3v) is 5.84. The summed E-state index contributed by atoms with van der Waals surface area (Å²) in [6.45, 7) is 0.480. The smallest absolute Gasteiger partial charge is 0.311 e. The molecule has 2 fully saturated rings. The van der Waals surface area contributed by atoms with Crippen molar-refractivity contribution in [3.8, 4) is 0 Å². The number of carbonyl (C=O) groups is 3. The fourth-order valence-electron chi connectivity index (χ4n) is 4.53. The van der Waals surface area contributed by atoms with Crippen molar-refractivity contribution in [2.75, 3.05) is 20.2 Å². The number of carbonyl (C=O) groups excluding carboxylic acids is 3. The number of fused-ring (bicyclic) bond motifs is 1. The number of nitrogens with zero attached hydrogens (tertiary/aromatic N) is 2. The SMILES string of the molecule is COC(=O)[C@H]1C[C@H]2CN(C(=O)Cc3ccccc3)CC(=O)N2[C@H]1c1ccccc1. The molecule has 0 N–H and O–H groups in total. The fraction of sp³-hybridized carbons (Fsp3) is 0.348. The summed E-state index contributed by atoms with van der Waals surface area (Å²) in [6, 6.07) is 18.6. The summed E-state index contributed by atoms with van der Waals surface area (Å²) in [5.41, 5.74) is 1.84. The molecule has 0 bridgehead atoms. The first-order chi connectivity index (χ1) is 14.1. The van der Waals surface area contributed by atoms with E-state index in [0.29, 0.717) is 13.0 Å². The van der Waals surface area contributed by atoms with E-state index < -0.39 is 5.92 Å². The van der Waals surface area contributed by atoms with Gasteiger partial charge in [0.25, 0.3) is 0 Å². The number of esters is 1. The zero-order chi connectivity index (χ0) is 20.4. The Balaban J connectivity index is 1.56. The van der Waals surface area contributed by atoms with E-state index in [1.165, 1.54) is 7.11 Å². The third kappa shape index (κ3) is 3.75. The quantitative estimate of drug-likeness (QED) is 0.749. The predicted octanol–water partition coefficient (Wildman–Crippen LogP) is 2.20. The molecule has 4 rings (SSSR count). The Kier molecular flexibility index (Phi) is 5.34. The standard InChI is InChI=1S/C23H24N2O4/c1-29-23(28)19-13-18-14-24(20(26)12-16-8-4-2-5-9-16)15-21(27)25(18)22(19)17-10-6-3-7-11-17/h2-11,18-19,22H,12-15H2,1H3/t18-,19-,22-/m0/s1. The molecule has 6 heteroatoms. The second kappa shape index (κ2) is 8.07. The van der Waals surface area contributed by atoms with Crippen LogP contribution in [0.15, 0.2) is 60.7 Å². The number of hydrogen-bond donors (Lipinski definition) is 0. The molecule has 2 amide bonds. The van der Waals surface area contributed by atoms with Gasteiger partial charge in [-0.3, -0.25) is 14.4 Å². The monoisotopic (exact) mass is 392 g/mol. The lowest BCUT2D eigenvalue weighted by Gasteiger charge is -2.40. The maximum Gasteiger partial charge on any atom is 0.311 e. The van der Waals surface area contributed by atoms with Crippen molar-refractivity contribution in [1.29, 1.82) is 0 Å². The van der Waals surface area contributed by atoms with Crippen molar-refractivity contribution < 1.29 is 19.1 Å². The van der Waals surface area contributed by atoms with Gasteiger partial charge >= 0.3 is 5.97 Å². The Bertz CT molecular complexity index is 900. The summed E-state index contributed by atoms with van der Waals surface area (Å²) < 4.78 is 5.02. The van der Waals surface area contributed by atoms with E-state index in [-0.39, 0.29) is 42.8 Å². The van der Waals surface area contributed by atoms with Gasteiger partial charge in [0.1, 0.15) is 0 Å². The largest absolute Gasteiger partial charge is 0.469 e. The van der Waals surface area contributed by atoms with Crippen LogP contribution in [-0.4, -0.2) is 53.8 Å². The van der Waals surface area contributed by atoms with Gasteiger partial charge in [-0.1, -0.05) is 60.7 Å². The highest BCUT2D eigenvalue weighted by Gasteiger charge is 2.51. The van der Waals surface area contributed by atoms with E-state index in [9.17, 15) is 14.4 Å². The van der Waals surface area contributed by atoms with Crippen LogP contribution in [-0.2, 0) is 25.5 Å². The number of methoxy groups -OCH3 is 1. The van der Waals surface area contributed by atoms with E-state index in [2.05, 4.69) is 0 Å². The number of benzene rings is 2. The molecule has 6 nitrogen and oxygen atoms in total. The van der Waals surface area contributed by atoms with E-state index in [1.807, 2.05) is 60.7 Å². The van der Waals surface area contributed by atoms with Crippen molar-refractivity contribution in [3.63, 3.8) is 0 Å². The molecule has 0 unspecified atom stereocenters. The molecule has 0 aromatic heterocycles. The molecule has 2 aliphatic heterocycles. The summed E-state index contributed by atoms with van der Waals surface area (Å²) in [4.78, 5) is 41.7. The lowest BCUT2D eigenvalue weighted by atomic mass is 9.93. The van der Waals surface area contributed by atoms with Crippen LogP contribution in [0.5, 0.6) is 0 Å². The Morgan fingerprint density at radius 1 is 1.03 bits per heavy atom. The summed E-state index contributed by atoms with van der Waals surface area (Å²) >= 11 is 0. The van der Waals surface area contributed by atoms with Crippen LogP contribution in [0, 0.1) is 5.92 Å². The molecule has 0 spiro atoms. The highest BCUT2D eigenvalue weighted by molar-refractivity contribution is 5.88. The number of ether oxygens (including phenoxy) is 1. The molecule has 0 radical (unpaired) electrons. The van der Waals surface area contributed by atoms with Gasteiger partial charge in [-0.15, -0.1) is 0 Å². The molecule has 0 aliphatic carbocycles. The third-order valence-electron chi connectivity index (χ3n) is 5.84. The normalized spacial score (nSPS) is 23.6. The van der Waals surface area contributed by atoms with Crippen LogP contribution < -0.4 is 0 Å². The van der Waals surface area contributed by atoms with Crippen molar-refractivity contribution in [3.05, 3.63) is 71.8 Å². The molecule has 150 valence electrons. The molecule has 2 aromatic carbocycles. The van der Waals surface area contributed by atoms with Gasteiger partial charge in [0, 0.05) is 6.54 Å². The zero-order valence-corrected chi connectivity index (χ0v) is 16.4. The van der Waals surface area contributed by atoms with E-state index >= 15 is 0 Å². The first-order valence-corrected chi connectivity index (χ1v) is 9.84. The second-order valence-electron chi connectivity index (χ2n) is 7.61. The van der Waals surface area contributed by atoms with Gasteiger partial charge in [0.05, 0.1) is 38.1 Å². The first kappa shape index (κ1) is 19.2. The van der Waals surface area contributed by atoms with Gasteiger partial charge in [0.15, 0.2) is 0 Å². The zero-order valence-electron chi connectivity index (χ0n) is 16.4. The fourth-order valence-corrected chi connectivity index (χ4v) is 4.53. The molecule has 29 heavy (non-hydrogen) atoms. The van der Waals surface area contributed by atoms with Gasteiger partial charge in [-0.2, -0.15) is 0 Å². The number of amides is 2. The predicted molar refractivity (Wildman–Crippen MR) is 107 cm³/mol. The maximum absolute atomic E-state index is 13.1. The van der Waals surface area contributed by atoms with Crippen molar-refractivity contribution in [1.82, 2.24) is 9.80 Å². The maximum atomic E-state index is 13.1. The molecular formula is C23H24N2O4. The molecular weight excluding hydrogens is 368 g/mol. The van der Waals surface area contributed by atoms with Crippen LogP contribution in [0.3, 0.4) is 0 Å². The second-order valence-corrected chi connectivity index (χ2v) is 7.61. The van der Waals surface area contributed by atoms with Crippen LogP contribution in [0.25, 0.3) is 0 Å². The minimum absolute atomic E-state index is 0.0411. The van der Waals surface area contributed by atoms with Crippen molar-refractivity contribution in [2.24, 2.45) is 5.92 Å². The number of hydrogen-bond acceptors (Lipinski definition) is 4. The van der Waals surface area contributed by atoms with E-state index in [1.54, 1.807) is 9.80 Å². The first-order valence-electron chi connectivity index (χ1n) is 9.84. The number of rotatable bonds is 4. The Morgan fingerprint density at radius 2 is 1.69 bits per heavy atom. The van der Waals surface area contributed by atoms with Gasteiger partial charge in [-0.05, 0) is 17.5 Å². The van der Waals surface area contributed by atoms with Crippen LogP contribution in [0.4, 0.5) is 0 Å². The summed E-state index contributed by atoms with van der Waals surface area (Å²) in [7, 11) is 1.37. The lowest BCUT2D eigenvalue weighted by molar-refractivity contribution is -0.150. The molecule has 2 aromatic rings. The molecule has 2 saturated heterocycles. The molecule has 2 aliphatic rings. The van der Waals surface area contributed by atoms with Crippen LogP contribution in [0.2, 0.25) is 0 Å². The van der Waals surface area contributed by atoms with Gasteiger partial charge < -0.3 is 14.5 Å². The average Bonchev–Trinajstić information content (AvgIpc) is 3.14. The molecule has 2 heterocycles. The average molecular weight is 392 g/mol. The van der Waals surface area contributed by atoms with Crippen LogP contribution >= 0.6 is 0 Å². The van der Waals surface area contributed by atoms with Gasteiger partial charge in [0.2, 0.25) is 11.8 Å². The summed E-state index contributed by atoms with van der Waals surface area (Å²) in [5.74, 6) is -0.936. The highest BCUT2D eigenvalue weighted by atomic mass is 16.5. The summed E-state index contributed by atoms with van der Waals surface area (Å²) in [6.07, 6.45) is 0.760. The molecule has 0 saturated carbocycles. The summed E-state index contributed by atoms with van der Waals surface area (Å²) in [5, 5.41) is 0. The topological polar surface area (TPSA) is 66.9 Å². The Hall–Kier alpha value is -3.15. The Labute approximate surface area is 170 Å². The van der Waals surface area contributed by atoms with Crippen LogP contribution in [0.1, 0.15) is 23.6 Å². The minimum atomic E-state index is -0.430. The Morgan fingerprint density at radius 3 is 2.34 bits per heavy atom. The highest BCUT2D eigenvalue weighted by Crippen LogP contribution is 2.43. The molecule has 3 atom stereocenters.